The van der Waals surface area contributed by atoms with Crippen LogP contribution in [0.4, 0.5) is 0 Å². The van der Waals surface area contributed by atoms with E-state index in [-0.39, 0.29) is 19.1 Å². The van der Waals surface area contributed by atoms with Crippen molar-refractivity contribution < 1.29 is 32.9 Å². The van der Waals surface area contributed by atoms with E-state index >= 15 is 0 Å². The van der Waals surface area contributed by atoms with Gasteiger partial charge in [-0.2, -0.15) is 0 Å². The fourth-order valence-corrected chi connectivity index (χ4v) is 6.26. The first-order chi connectivity index (χ1) is 26.0. The molecule has 1 amide bonds. The van der Waals surface area contributed by atoms with Gasteiger partial charge in [-0.3, -0.25) is 13.8 Å². The molecular weight excluding hydrogens is 695 g/mol. The number of carbonyl (C=O) groups excluding carboxylic acids is 1. The van der Waals surface area contributed by atoms with Crippen LogP contribution in [0.5, 0.6) is 0 Å². The Morgan fingerprint density at radius 1 is 0.648 bits per heavy atom. The third kappa shape index (κ3) is 38.2. The number of aliphatic hydroxyl groups excluding tert-OH is 1. The summed E-state index contributed by atoms with van der Waals surface area (Å²) in [5.74, 6) is -0.198. The molecule has 0 saturated carbocycles. The van der Waals surface area contributed by atoms with Gasteiger partial charge in [0.2, 0.25) is 5.91 Å². The van der Waals surface area contributed by atoms with Crippen LogP contribution in [0.2, 0.25) is 0 Å². The quantitative estimate of drug-likeness (QED) is 0.0251. The fourth-order valence-electron chi connectivity index (χ4n) is 5.52. The number of aliphatic hydroxyl groups is 1. The van der Waals surface area contributed by atoms with Crippen molar-refractivity contribution in [3.05, 3.63) is 72.9 Å². The Bertz CT molecular complexity index is 1110. The molecule has 0 bridgehead atoms. The SMILES string of the molecule is CC/C=C\C/C=C\C/C=C\C/C=C\CCCCCCCCCCCCCCC(=O)NC(COP(=O)(O)OCC[N+](C)(C)C)C(O)/C=C/CC/C=C/CCC. The third-order valence-electron chi connectivity index (χ3n) is 8.89. The van der Waals surface area contributed by atoms with Crippen LogP contribution >= 0.6 is 7.82 Å². The maximum atomic E-state index is 12.8. The number of nitrogens with one attached hydrogen (secondary N) is 1. The van der Waals surface area contributed by atoms with Crippen molar-refractivity contribution in [3.63, 3.8) is 0 Å². The van der Waals surface area contributed by atoms with Crippen molar-refractivity contribution in [2.24, 2.45) is 0 Å². The molecule has 3 unspecified atom stereocenters. The van der Waals surface area contributed by atoms with Crippen LogP contribution in [-0.2, 0) is 18.4 Å². The molecule has 0 radical (unpaired) electrons. The van der Waals surface area contributed by atoms with Crippen LogP contribution in [0.15, 0.2) is 72.9 Å². The Kier molecular flexibility index (Phi) is 35.2. The normalized spacial score (nSPS) is 15.2. The second-order valence-corrected chi connectivity index (χ2v) is 16.8. The molecule has 0 saturated heterocycles. The molecule has 3 atom stereocenters. The average molecular weight is 778 g/mol. The van der Waals surface area contributed by atoms with E-state index in [0.29, 0.717) is 17.4 Å². The van der Waals surface area contributed by atoms with E-state index in [2.05, 4.69) is 79.9 Å². The number of hydrogen-bond donors (Lipinski definition) is 3. The van der Waals surface area contributed by atoms with Crippen LogP contribution in [0.1, 0.15) is 155 Å². The third-order valence-corrected chi connectivity index (χ3v) is 9.88. The summed E-state index contributed by atoms with van der Waals surface area (Å²) in [6.07, 6.45) is 48.6. The predicted molar refractivity (Wildman–Crippen MR) is 230 cm³/mol. The number of phosphoric ester groups is 1. The molecule has 0 aliphatic carbocycles. The first-order valence-electron chi connectivity index (χ1n) is 21.3. The lowest BCUT2D eigenvalue weighted by atomic mass is 10.0. The van der Waals surface area contributed by atoms with Gasteiger partial charge in [0.25, 0.3) is 0 Å². The molecule has 0 aliphatic heterocycles. The van der Waals surface area contributed by atoms with E-state index in [4.69, 9.17) is 9.05 Å². The average Bonchev–Trinajstić information content (AvgIpc) is 3.12. The van der Waals surface area contributed by atoms with Crippen molar-refractivity contribution >= 4 is 13.7 Å². The zero-order valence-electron chi connectivity index (χ0n) is 35.2. The predicted octanol–water partition coefficient (Wildman–Crippen LogP) is 11.6. The molecule has 0 rings (SSSR count). The standard InChI is InChI=1S/C45H81N2O6P/c1-6-8-10-12-14-15-16-17-18-19-20-21-22-23-24-25-26-27-28-29-30-31-33-35-37-39-45(49)46-43(44(48)38-36-34-32-13-11-9-7-2)42-53-54(50,51)52-41-40-47(3,4)5/h8,10-11,13-15,17-18,20-21,36,38,43-44,48H,6-7,9,12,16,19,22-35,37,39-42H2,1-5H3,(H-,46,49,50,51)/p+1/b10-8-,13-11+,15-14-,18-17-,21-20-,38-36+. The van der Waals surface area contributed by atoms with Gasteiger partial charge in [-0.05, 0) is 64.2 Å². The highest BCUT2D eigenvalue weighted by atomic mass is 31.2. The minimum atomic E-state index is -4.34. The van der Waals surface area contributed by atoms with E-state index in [1.54, 1.807) is 6.08 Å². The van der Waals surface area contributed by atoms with Crippen molar-refractivity contribution in [2.45, 2.75) is 167 Å². The highest BCUT2D eigenvalue weighted by molar-refractivity contribution is 7.47. The van der Waals surface area contributed by atoms with Crippen LogP contribution in [0.25, 0.3) is 0 Å². The summed E-state index contributed by atoms with van der Waals surface area (Å²) in [7, 11) is 1.54. The molecule has 3 N–H and O–H groups in total. The van der Waals surface area contributed by atoms with Gasteiger partial charge in [0.15, 0.2) is 0 Å². The Morgan fingerprint density at radius 3 is 1.69 bits per heavy atom. The number of unbranched alkanes of at least 4 members (excludes halogenated alkanes) is 14. The Labute approximate surface area is 332 Å². The summed E-state index contributed by atoms with van der Waals surface area (Å²) in [6, 6.07) is -0.864. The smallest absolute Gasteiger partial charge is 0.387 e. The zero-order chi connectivity index (χ0) is 40.0. The number of rotatable bonds is 37. The number of hydrogen-bond acceptors (Lipinski definition) is 5. The maximum Gasteiger partial charge on any atom is 0.472 e. The van der Waals surface area contributed by atoms with Gasteiger partial charge in [-0.1, -0.05) is 157 Å². The largest absolute Gasteiger partial charge is 0.472 e. The fraction of sp³-hybridized carbons (Fsp3) is 0.711. The summed E-state index contributed by atoms with van der Waals surface area (Å²) in [5.41, 5.74) is 0. The van der Waals surface area contributed by atoms with Gasteiger partial charge < -0.3 is 19.8 Å². The highest BCUT2D eigenvalue weighted by Gasteiger charge is 2.27. The summed E-state index contributed by atoms with van der Waals surface area (Å²) in [5, 5.41) is 13.7. The maximum absolute atomic E-state index is 12.8. The molecule has 9 heteroatoms. The van der Waals surface area contributed by atoms with Gasteiger partial charge in [0.1, 0.15) is 13.2 Å². The van der Waals surface area contributed by atoms with E-state index in [1.807, 2.05) is 27.2 Å². The number of nitrogens with zero attached hydrogens (tertiary/aromatic N) is 1. The van der Waals surface area contributed by atoms with Crippen molar-refractivity contribution in [1.82, 2.24) is 5.32 Å². The molecular formula is C45H82N2O6P+. The van der Waals surface area contributed by atoms with Gasteiger partial charge in [0.05, 0.1) is 39.9 Å². The molecule has 54 heavy (non-hydrogen) atoms. The van der Waals surface area contributed by atoms with Crippen molar-refractivity contribution in [1.29, 1.82) is 0 Å². The topological polar surface area (TPSA) is 105 Å². The number of quaternary nitrogens is 1. The number of amides is 1. The summed E-state index contributed by atoms with van der Waals surface area (Å²) in [6.45, 7) is 4.54. The molecule has 0 aromatic carbocycles. The minimum absolute atomic E-state index is 0.0521. The second kappa shape index (κ2) is 36.6. The van der Waals surface area contributed by atoms with Crippen molar-refractivity contribution in [2.75, 3.05) is 40.9 Å². The molecule has 0 aromatic heterocycles. The van der Waals surface area contributed by atoms with Gasteiger partial charge in [0, 0.05) is 6.42 Å². The summed E-state index contributed by atoms with van der Waals surface area (Å²) >= 11 is 0. The molecule has 0 heterocycles. The Balaban J connectivity index is 4.16. The van der Waals surface area contributed by atoms with Gasteiger partial charge >= 0.3 is 7.82 Å². The summed E-state index contributed by atoms with van der Waals surface area (Å²) < 4.78 is 23.4. The molecule has 0 aromatic rings. The van der Waals surface area contributed by atoms with E-state index < -0.39 is 20.0 Å². The van der Waals surface area contributed by atoms with Crippen molar-refractivity contribution in [3.8, 4) is 0 Å². The number of phosphoric acid groups is 1. The second-order valence-electron chi connectivity index (χ2n) is 15.3. The zero-order valence-corrected chi connectivity index (χ0v) is 36.1. The highest BCUT2D eigenvalue weighted by Crippen LogP contribution is 2.43. The first kappa shape index (κ1) is 51.9. The first-order valence-corrected chi connectivity index (χ1v) is 22.8. The summed E-state index contributed by atoms with van der Waals surface area (Å²) in [4.78, 5) is 23.0. The van der Waals surface area contributed by atoms with Crippen LogP contribution in [-0.4, -0.2) is 73.4 Å². The minimum Gasteiger partial charge on any atom is -0.387 e. The lowest BCUT2D eigenvalue weighted by Crippen LogP contribution is -2.45. The van der Waals surface area contributed by atoms with Crippen LogP contribution in [0, 0.1) is 0 Å². The molecule has 8 nitrogen and oxygen atoms in total. The molecule has 0 spiro atoms. The van der Waals surface area contributed by atoms with Gasteiger partial charge in [-0.25, -0.2) is 4.57 Å². The lowest BCUT2D eigenvalue weighted by Gasteiger charge is -2.25. The number of likely N-dealkylation sites (N-methyl/N-ethyl adjacent to an activating group) is 1. The van der Waals surface area contributed by atoms with E-state index in [1.165, 1.54) is 64.2 Å². The van der Waals surface area contributed by atoms with Gasteiger partial charge in [-0.15, -0.1) is 0 Å². The van der Waals surface area contributed by atoms with E-state index in [9.17, 15) is 19.4 Å². The molecule has 0 fully saturated rings. The monoisotopic (exact) mass is 778 g/mol. The Morgan fingerprint density at radius 2 is 1.13 bits per heavy atom. The van der Waals surface area contributed by atoms with Crippen LogP contribution < -0.4 is 5.32 Å². The number of carbonyl (C=O) groups is 1. The Hall–Kier alpha value is -2.06. The lowest BCUT2D eigenvalue weighted by molar-refractivity contribution is -0.870. The molecule has 312 valence electrons. The van der Waals surface area contributed by atoms with E-state index in [0.717, 1.165) is 70.6 Å². The van der Waals surface area contributed by atoms with Crippen LogP contribution in [0.3, 0.4) is 0 Å². The molecule has 0 aliphatic rings. The number of allylic oxidation sites excluding steroid dienone is 11.